The summed E-state index contributed by atoms with van der Waals surface area (Å²) in [5, 5.41) is 0. The highest BCUT2D eigenvalue weighted by Gasteiger charge is 2.05. The van der Waals surface area contributed by atoms with Gasteiger partial charge in [0.05, 0.1) is 0 Å². The molecule has 0 fully saturated rings. The molecule has 5 nitrogen and oxygen atoms in total. The van der Waals surface area contributed by atoms with Crippen molar-refractivity contribution in [1.29, 1.82) is 0 Å². The lowest BCUT2D eigenvalue weighted by atomic mass is 10.1. The molecule has 2 aromatic heterocycles. The lowest BCUT2D eigenvalue weighted by Gasteiger charge is -2.07. The van der Waals surface area contributed by atoms with Crippen molar-refractivity contribution in [3.8, 4) is 17.0 Å². The topological polar surface area (TPSA) is 73.9 Å². The lowest BCUT2D eigenvalue weighted by molar-refractivity contribution is 0.294. The third kappa shape index (κ3) is 3.14. The van der Waals surface area contributed by atoms with Gasteiger partial charge in [0.1, 0.15) is 18.8 Å². The van der Waals surface area contributed by atoms with Gasteiger partial charge in [-0.05, 0) is 11.6 Å². The SMILES string of the molecule is Nc1ncncc1-c1ccc(OCc2ccccc2)nc1. The minimum atomic E-state index is 0.435. The summed E-state index contributed by atoms with van der Waals surface area (Å²) >= 11 is 0. The molecule has 21 heavy (non-hydrogen) atoms. The molecule has 0 aliphatic carbocycles. The zero-order valence-electron chi connectivity index (χ0n) is 11.3. The third-order valence-corrected chi connectivity index (χ3v) is 3.02. The Morgan fingerprint density at radius 1 is 0.952 bits per heavy atom. The van der Waals surface area contributed by atoms with Crippen molar-refractivity contribution in [2.75, 3.05) is 5.73 Å². The highest BCUT2D eigenvalue weighted by atomic mass is 16.5. The number of aromatic nitrogens is 3. The second-order valence-corrected chi connectivity index (χ2v) is 4.48. The summed E-state index contributed by atoms with van der Waals surface area (Å²) in [6.07, 6.45) is 4.79. The Morgan fingerprint density at radius 3 is 2.52 bits per heavy atom. The third-order valence-electron chi connectivity index (χ3n) is 3.02. The van der Waals surface area contributed by atoms with Gasteiger partial charge in [0.15, 0.2) is 0 Å². The maximum Gasteiger partial charge on any atom is 0.213 e. The molecule has 0 spiro atoms. The van der Waals surface area contributed by atoms with Crippen molar-refractivity contribution >= 4 is 5.82 Å². The van der Waals surface area contributed by atoms with Gasteiger partial charge in [0.25, 0.3) is 0 Å². The molecule has 2 N–H and O–H groups in total. The van der Waals surface area contributed by atoms with Crippen molar-refractivity contribution in [3.05, 3.63) is 66.7 Å². The Kier molecular flexibility index (Phi) is 3.73. The molecule has 5 heteroatoms. The molecule has 0 saturated heterocycles. The van der Waals surface area contributed by atoms with E-state index in [1.807, 2.05) is 42.5 Å². The van der Waals surface area contributed by atoms with E-state index in [1.165, 1.54) is 6.33 Å². The van der Waals surface area contributed by atoms with E-state index in [4.69, 9.17) is 10.5 Å². The number of pyridine rings is 1. The molecular weight excluding hydrogens is 264 g/mol. The molecule has 3 rings (SSSR count). The summed E-state index contributed by atoms with van der Waals surface area (Å²) in [6.45, 7) is 0.490. The van der Waals surface area contributed by atoms with Gasteiger partial charge < -0.3 is 10.5 Å². The van der Waals surface area contributed by atoms with Crippen LogP contribution in [0.3, 0.4) is 0 Å². The molecule has 0 aliphatic rings. The minimum Gasteiger partial charge on any atom is -0.473 e. The molecule has 0 saturated carbocycles. The molecule has 0 amide bonds. The van der Waals surface area contributed by atoms with Crippen LogP contribution >= 0.6 is 0 Å². The molecule has 2 heterocycles. The summed E-state index contributed by atoms with van der Waals surface area (Å²) in [6, 6.07) is 13.7. The van der Waals surface area contributed by atoms with Gasteiger partial charge in [-0.2, -0.15) is 0 Å². The summed E-state index contributed by atoms with van der Waals surface area (Å²) in [4.78, 5) is 12.2. The van der Waals surface area contributed by atoms with Crippen LogP contribution in [-0.2, 0) is 6.61 Å². The molecule has 3 aromatic rings. The van der Waals surface area contributed by atoms with Crippen LogP contribution in [0.15, 0.2) is 61.2 Å². The number of anilines is 1. The van der Waals surface area contributed by atoms with Crippen molar-refractivity contribution < 1.29 is 4.74 Å². The van der Waals surface area contributed by atoms with E-state index in [-0.39, 0.29) is 0 Å². The number of nitrogens with zero attached hydrogens (tertiary/aromatic N) is 3. The maximum atomic E-state index is 5.82. The van der Waals surface area contributed by atoms with Gasteiger partial charge in [-0.1, -0.05) is 30.3 Å². The van der Waals surface area contributed by atoms with Crippen LogP contribution < -0.4 is 10.5 Å². The van der Waals surface area contributed by atoms with E-state index >= 15 is 0 Å². The highest BCUT2D eigenvalue weighted by molar-refractivity contribution is 5.71. The molecule has 0 radical (unpaired) electrons. The van der Waals surface area contributed by atoms with Crippen LogP contribution in [0.4, 0.5) is 5.82 Å². The second-order valence-electron chi connectivity index (χ2n) is 4.48. The molecule has 0 aliphatic heterocycles. The van der Waals surface area contributed by atoms with Gasteiger partial charge >= 0.3 is 0 Å². The van der Waals surface area contributed by atoms with Crippen LogP contribution in [0.25, 0.3) is 11.1 Å². The Bertz CT molecular complexity index is 714. The number of ether oxygens (including phenoxy) is 1. The average molecular weight is 278 g/mol. The zero-order chi connectivity index (χ0) is 14.5. The first kappa shape index (κ1) is 13.1. The fraction of sp³-hybridized carbons (Fsp3) is 0.0625. The Morgan fingerprint density at radius 2 is 1.81 bits per heavy atom. The van der Waals surface area contributed by atoms with Crippen LogP contribution in [0, 0.1) is 0 Å². The smallest absolute Gasteiger partial charge is 0.213 e. The zero-order valence-corrected chi connectivity index (χ0v) is 11.3. The number of nitrogens with two attached hydrogens (primary N) is 1. The molecule has 0 bridgehead atoms. The largest absolute Gasteiger partial charge is 0.473 e. The average Bonchev–Trinajstić information content (AvgIpc) is 2.55. The summed E-state index contributed by atoms with van der Waals surface area (Å²) in [5.74, 6) is 1.00. The lowest BCUT2D eigenvalue weighted by Crippen LogP contribution is -1.98. The monoisotopic (exact) mass is 278 g/mol. The van der Waals surface area contributed by atoms with E-state index in [0.717, 1.165) is 16.7 Å². The van der Waals surface area contributed by atoms with Gasteiger partial charge in [-0.25, -0.2) is 15.0 Å². The highest BCUT2D eigenvalue weighted by Crippen LogP contribution is 2.23. The van der Waals surface area contributed by atoms with E-state index in [9.17, 15) is 0 Å². The van der Waals surface area contributed by atoms with Gasteiger partial charge in [0.2, 0.25) is 5.88 Å². The van der Waals surface area contributed by atoms with Crippen LogP contribution in [0.1, 0.15) is 5.56 Å². The second kappa shape index (κ2) is 6.00. The first-order valence-electron chi connectivity index (χ1n) is 6.51. The van der Waals surface area contributed by atoms with E-state index < -0.39 is 0 Å². The predicted molar refractivity (Wildman–Crippen MR) is 80.4 cm³/mol. The van der Waals surface area contributed by atoms with Crippen molar-refractivity contribution in [1.82, 2.24) is 15.0 Å². The van der Waals surface area contributed by atoms with Crippen molar-refractivity contribution in [2.24, 2.45) is 0 Å². The molecule has 1 aromatic carbocycles. The van der Waals surface area contributed by atoms with Crippen molar-refractivity contribution in [3.63, 3.8) is 0 Å². The summed E-state index contributed by atoms with van der Waals surface area (Å²) in [7, 11) is 0. The Hall–Kier alpha value is -2.95. The van der Waals surface area contributed by atoms with E-state index in [2.05, 4.69) is 15.0 Å². The standard InChI is InChI=1S/C16H14N4O/c17-16-14(9-18-11-20-16)13-6-7-15(19-8-13)21-10-12-4-2-1-3-5-12/h1-9,11H,10H2,(H2,17,18,20). The number of nitrogen functional groups attached to an aromatic ring is 1. The van der Waals surface area contributed by atoms with Crippen LogP contribution in [0.2, 0.25) is 0 Å². The van der Waals surface area contributed by atoms with Gasteiger partial charge in [0, 0.05) is 29.6 Å². The van der Waals surface area contributed by atoms with Gasteiger partial charge in [-0.15, -0.1) is 0 Å². The first-order valence-corrected chi connectivity index (χ1v) is 6.51. The number of hydrogen-bond acceptors (Lipinski definition) is 5. The quantitative estimate of drug-likeness (QED) is 0.794. The molecular formula is C16H14N4O. The molecule has 0 unspecified atom stereocenters. The van der Waals surface area contributed by atoms with Crippen LogP contribution in [0.5, 0.6) is 5.88 Å². The summed E-state index contributed by atoms with van der Waals surface area (Å²) < 4.78 is 5.64. The Balaban J connectivity index is 1.71. The Labute approximate surface area is 122 Å². The maximum absolute atomic E-state index is 5.82. The number of rotatable bonds is 4. The summed E-state index contributed by atoms with van der Waals surface area (Å²) in [5.41, 5.74) is 8.54. The molecule has 0 atom stereocenters. The van der Waals surface area contributed by atoms with Crippen molar-refractivity contribution in [2.45, 2.75) is 6.61 Å². The van der Waals surface area contributed by atoms with E-state index in [1.54, 1.807) is 12.4 Å². The van der Waals surface area contributed by atoms with Crippen LogP contribution in [-0.4, -0.2) is 15.0 Å². The first-order chi connectivity index (χ1) is 10.3. The molecule has 104 valence electrons. The normalized spacial score (nSPS) is 10.3. The van der Waals surface area contributed by atoms with Gasteiger partial charge in [-0.3, -0.25) is 0 Å². The number of benzene rings is 1. The minimum absolute atomic E-state index is 0.435. The van der Waals surface area contributed by atoms with E-state index in [0.29, 0.717) is 18.3 Å². The fourth-order valence-corrected chi connectivity index (χ4v) is 1.92. The number of hydrogen-bond donors (Lipinski definition) is 1. The fourth-order valence-electron chi connectivity index (χ4n) is 1.92. The predicted octanol–water partition coefficient (Wildman–Crippen LogP) is 2.70.